The molecule has 0 bridgehead atoms. The summed E-state index contributed by atoms with van der Waals surface area (Å²) in [5.74, 6) is 1.58. The lowest BCUT2D eigenvalue weighted by molar-refractivity contribution is -0.118. The number of aryl methyl sites for hydroxylation is 2. The van der Waals surface area contributed by atoms with E-state index in [9.17, 15) is 4.79 Å². The molecule has 0 radical (unpaired) electrons. The second-order valence-corrected chi connectivity index (χ2v) is 9.64. The van der Waals surface area contributed by atoms with Crippen LogP contribution in [0.2, 0.25) is 0 Å². The van der Waals surface area contributed by atoms with E-state index < -0.39 is 0 Å². The molecule has 3 aromatic rings. The third-order valence-corrected chi connectivity index (χ3v) is 7.12. The number of fused-ring (bicyclic) bond motifs is 1. The predicted octanol–water partition coefficient (Wildman–Crippen LogP) is 4.93. The summed E-state index contributed by atoms with van der Waals surface area (Å²) in [6.45, 7) is 8.79. The number of piperidine rings is 1. The maximum atomic E-state index is 12.4. The highest BCUT2D eigenvalue weighted by Gasteiger charge is 2.27. The number of aromatic nitrogens is 1. The van der Waals surface area contributed by atoms with Crippen LogP contribution in [0.25, 0.3) is 10.9 Å². The molecule has 2 aromatic carbocycles. The first kappa shape index (κ1) is 22.7. The van der Waals surface area contributed by atoms with Gasteiger partial charge in [-0.25, -0.2) is 4.98 Å². The van der Waals surface area contributed by atoms with E-state index in [1.165, 1.54) is 44.3 Å². The fraction of sp³-hybridized carbons (Fsp3) is 0.429. The Kier molecular flexibility index (Phi) is 6.68. The highest BCUT2D eigenvalue weighted by molar-refractivity contribution is 5.95. The number of hydrogen-bond donors (Lipinski definition) is 1. The predicted molar refractivity (Wildman–Crippen MR) is 138 cm³/mol. The first-order valence-electron chi connectivity index (χ1n) is 12.4. The highest BCUT2D eigenvalue weighted by atomic mass is 16.5. The normalized spacial score (nSPS) is 17.3. The van der Waals surface area contributed by atoms with Gasteiger partial charge in [0.05, 0.1) is 5.52 Å². The van der Waals surface area contributed by atoms with Crippen LogP contribution in [-0.2, 0) is 4.79 Å². The summed E-state index contributed by atoms with van der Waals surface area (Å²) in [6.07, 6.45) is 5.14. The van der Waals surface area contributed by atoms with Crippen molar-refractivity contribution in [3.63, 3.8) is 0 Å². The number of pyridine rings is 1. The van der Waals surface area contributed by atoms with Gasteiger partial charge in [-0.3, -0.25) is 4.79 Å². The number of nitrogens with one attached hydrogen (secondary N) is 1. The topological polar surface area (TPSA) is 57.7 Å². The van der Waals surface area contributed by atoms with E-state index in [2.05, 4.69) is 28.1 Å². The van der Waals surface area contributed by atoms with Gasteiger partial charge in [-0.15, -0.1) is 0 Å². The van der Waals surface area contributed by atoms with Gasteiger partial charge in [0.15, 0.2) is 6.61 Å². The zero-order valence-electron chi connectivity index (χ0n) is 20.2. The van der Waals surface area contributed by atoms with E-state index >= 15 is 0 Å². The van der Waals surface area contributed by atoms with Crippen molar-refractivity contribution in [1.29, 1.82) is 0 Å². The smallest absolute Gasteiger partial charge is 0.262 e. The molecular weight excluding hydrogens is 424 g/mol. The Labute approximate surface area is 201 Å². The van der Waals surface area contributed by atoms with Gasteiger partial charge in [-0.2, -0.15) is 0 Å². The summed E-state index contributed by atoms with van der Waals surface area (Å²) in [7, 11) is 0. The van der Waals surface area contributed by atoms with Gasteiger partial charge >= 0.3 is 0 Å². The third kappa shape index (κ3) is 5.17. The Balaban J connectivity index is 1.21. The van der Waals surface area contributed by atoms with E-state index in [4.69, 9.17) is 9.72 Å². The molecule has 178 valence electrons. The molecule has 2 aliphatic rings. The van der Waals surface area contributed by atoms with E-state index in [1.54, 1.807) is 0 Å². The van der Waals surface area contributed by atoms with Gasteiger partial charge in [0.1, 0.15) is 11.6 Å². The molecule has 2 fully saturated rings. The van der Waals surface area contributed by atoms with Gasteiger partial charge in [-0.05, 0) is 94.6 Å². The van der Waals surface area contributed by atoms with Crippen molar-refractivity contribution in [3.05, 3.63) is 59.7 Å². The summed E-state index contributed by atoms with van der Waals surface area (Å²) in [5, 5.41) is 4.01. The minimum atomic E-state index is -0.178. The number of likely N-dealkylation sites (tertiary alicyclic amines) is 1. The molecule has 0 spiro atoms. The molecule has 3 heterocycles. The molecule has 5 rings (SSSR count). The second kappa shape index (κ2) is 10.0. The molecule has 0 aliphatic carbocycles. The summed E-state index contributed by atoms with van der Waals surface area (Å²) in [4.78, 5) is 22.5. The SMILES string of the molecule is Cc1ccc(OCC(=O)Nc2ccc3nc(N4CCC(N5CCCC5)CC4)cc(C)c3c2)cc1. The number of amides is 1. The van der Waals surface area contributed by atoms with E-state index in [1.807, 2.05) is 49.4 Å². The maximum Gasteiger partial charge on any atom is 0.262 e. The fourth-order valence-corrected chi connectivity index (χ4v) is 5.16. The second-order valence-electron chi connectivity index (χ2n) is 9.64. The fourth-order valence-electron chi connectivity index (χ4n) is 5.16. The van der Waals surface area contributed by atoms with Crippen molar-refractivity contribution in [2.24, 2.45) is 0 Å². The largest absolute Gasteiger partial charge is 0.484 e. The third-order valence-electron chi connectivity index (χ3n) is 7.12. The first-order chi connectivity index (χ1) is 16.5. The summed E-state index contributed by atoms with van der Waals surface area (Å²) >= 11 is 0. The Morgan fingerprint density at radius 1 is 1.00 bits per heavy atom. The van der Waals surface area contributed by atoms with Crippen molar-refractivity contribution in [2.75, 3.05) is 43.0 Å². The van der Waals surface area contributed by atoms with Crippen molar-refractivity contribution < 1.29 is 9.53 Å². The number of hydrogen-bond acceptors (Lipinski definition) is 5. The first-order valence-corrected chi connectivity index (χ1v) is 12.4. The number of nitrogens with zero attached hydrogens (tertiary/aromatic N) is 3. The summed E-state index contributed by atoms with van der Waals surface area (Å²) < 4.78 is 5.60. The van der Waals surface area contributed by atoms with Crippen molar-refractivity contribution in [2.45, 2.75) is 45.6 Å². The van der Waals surface area contributed by atoms with Crippen LogP contribution in [0.5, 0.6) is 5.75 Å². The number of anilines is 2. The standard InChI is InChI=1S/C28H34N4O2/c1-20-5-8-24(9-6-20)34-19-28(33)29-22-7-10-26-25(18-22)21(2)17-27(30-26)32-15-11-23(12-16-32)31-13-3-4-14-31/h5-10,17-18,23H,3-4,11-16,19H2,1-2H3,(H,29,33). The Morgan fingerprint density at radius 2 is 1.74 bits per heavy atom. The number of benzene rings is 2. The number of carbonyl (C=O) groups excluding carboxylic acids is 1. The molecule has 0 atom stereocenters. The van der Waals surface area contributed by atoms with Crippen LogP contribution in [-0.4, -0.2) is 54.6 Å². The van der Waals surface area contributed by atoms with Gasteiger partial charge < -0.3 is 19.9 Å². The van der Waals surface area contributed by atoms with Crippen LogP contribution in [0.3, 0.4) is 0 Å². The van der Waals surface area contributed by atoms with Gasteiger partial charge in [-0.1, -0.05) is 17.7 Å². The molecule has 2 aliphatic heterocycles. The summed E-state index contributed by atoms with van der Waals surface area (Å²) in [5.41, 5.74) is 4.06. The van der Waals surface area contributed by atoms with Gasteiger partial charge in [0, 0.05) is 30.2 Å². The molecule has 6 heteroatoms. The Bertz CT molecular complexity index is 1150. The minimum Gasteiger partial charge on any atom is -0.484 e. The van der Waals surface area contributed by atoms with Crippen LogP contribution in [0.4, 0.5) is 11.5 Å². The van der Waals surface area contributed by atoms with Crippen LogP contribution < -0.4 is 15.0 Å². The van der Waals surface area contributed by atoms with Crippen molar-refractivity contribution in [3.8, 4) is 5.75 Å². The number of carbonyl (C=O) groups is 1. The zero-order valence-corrected chi connectivity index (χ0v) is 20.2. The van der Waals surface area contributed by atoms with Crippen molar-refractivity contribution in [1.82, 2.24) is 9.88 Å². The molecule has 0 saturated carbocycles. The molecule has 34 heavy (non-hydrogen) atoms. The molecule has 6 nitrogen and oxygen atoms in total. The Morgan fingerprint density at radius 3 is 2.47 bits per heavy atom. The number of ether oxygens (including phenoxy) is 1. The lowest BCUT2D eigenvalue weighted by atomic mass is 10.0. The van der Waals surface area contributed by atoms with Gasteiger partial charge in [0.25, 0.3) is 5.91 Å². The monoisotopic (exact) mass is 458 g/mol. The van der Waals surface area contributed by atoms with Crippen LogP contribution in [0, 0.1) is 13.8 Å². The lowest BCUT2D eigenvalue weighted by Gasteiger charge is -2.37. The molecule has 1 aromatic heterocycles. The molecule has 1 amide bonds. The van der Waals surface area contributed by atoms with Crippen molar-refractivity contribution >= 4 is 28.3 Å². The quantitative estimate of drug-likeness (QED) is 0.567. The van der Waals surface area contributed by atoms with Crippen LogP contribution in [0.15, 0.2) is 48.5 Å². The van der Waals surface area contributed by atoms with E-state index in [0.717, 1.165) is 47.1 Å². The number of rotatable bonds is 6. The highest BCUT2D eigenvalue weighted by Crippen LogP contribution is 2.28. The zero-order chi connectivity index (χ0) is 23.5. The lowest BCUT2D eigenvalue weighted by Crippen LogP contribution is -2.44. The molecular formula is C28H34N4O2. The molecule has 1 N–H and O–H groups in total. The Hall–Kier alpha value is -3.12. The average Bonchev–Trinajstić information content (AvgIpc) is 3.39. The van der Waals surface area contributed by atoms with Crippen LogP contribution in [0.1, 0.15) is 36.8 Å². The average molecular weight is 459 g/mol. The van der Waals surface area contributed by atoms with Crippen LogP contribution >= 0.6 is 0 Å². The summed E-state index contributed by atoms with van der Waals surface area (Å²) in [6, 6.07) is 16.5. The molecule has 2 saturated heterocycles. The van der Waals surface area contributed by atoms with E-state index in [-0.39, 0.29) is 12.5 Å². The molecule has 0 unspecified atom stereocenters. The maximum absolute atomic E-state index is 12.4. The minimum absolute atomic E-state index is 0.0232. The van der Waals surface area contributed by atoms with Gasteiger partial charge in [0.2, 0.25) is 0 Å². The van der Waals surface area contributed by atoms with E-state index in [0.29, 0.717) is 5.75 Å².